The average molecular weight is 394 g/mol. The average Bonchev–Trinajstić information content (AvgIpc) is 3.37. The van der Waals surface area contributed by atoms with Crippen LogP contribution in [-0.4, -0.2) is 68.6 Å². The van der Waals surface area contributed by atoms with Crippen molar-refractivity contribution in [2.24, 2.45) is 0 Å². The van der Waals surface area contributed by atoms with Crippen LogP contribution < -0.4 is 10.2 Å². The van der Waals surface area contributed by atoms with E-state index < -0.39 is 0 Å². The lowest BCUT2D eigenvalue weighted by Gasteiger charge is -2.22. The summed E-state index contributed by atoms with van der Waals surface area (Å²) in [6.45, 7) is 6.38. The molecule has 1 fully saturated rings. The Balaban J connectivity index is 1.47. The molecule has 29 heavy (non-hydrogen) atoms. The third-order valence-electron chi connectivity index (χ3n) is 5.40. The van der Waals surface area contributed by atoms with Crippen LogP contribution in [-0.2, 0) is 6.54 Å². The molecule has 1 aliphatic heterocycles. The summed E-state index contributed by atoms with van der Waals surface area (Å²) >= 11 is 0. The highest BCUT2D eigenvalue weighted by molar-refractivity contribution is 5.90. The Morgan fingerprint density at radius 3 is 2.90 bits per heavy atom. The van der Waals surface area contributed by atoms with Gasteiger partial charge in [-0.2, -0.15) is 5.10 Å². The maximum absolute atomic E-state index is 12.3. The van der Waals surface area contributed by atoms with E-state index in [0.717, 1.165) is 47.9 Å². The summed E-state index contributed by atoms with van der Waals surface area (Å²) in [6.07, 6.45) is 2.58. The van der Waals surface area contributed by atoms with Gasteiger partial charge in [0.05, 0.1) is 5.69 Å². The lowest BCUT2D eigenvalue weighted by molar-refractivity contribution is 0.0815. The van der Waals surface area contributed by atoms with Crippen LogP contribution >= 0.6 is 0 Å². The van der Waals surface area contributed by atoms with Crippen molar-refractivity contribution < 1.29 is 4.79 Å². The standard InChI is InChI=1S/C20H26N8O/c1-13-14(2)24-18(20(29)26(3)4)25-19(13)27-9-8-15(11-27)21-10-16-6-5-7-17-22-12-23-28(16)17/h5-7,12,15,21H,8-11H2,1-4H3/t15-/m1/s1. The number of hydrogen-bond donors (Lipinski definition) is 1. The molecule has 3 aromatic heterocycles. The fraction of sp³-hybridized carbons (Fsp3) is 0.450. The predicted molar refractivity (Wildman–Crippen MR) is 110 cm³/mol. The summed E-state index contributed by atoms with van der Waals surface area (Å²) in [7, 11) is 3.43. The maximum Gasteiger partial charge on any atom is 0.291 e. The van der Waals surface area contributed by atoms with Gasteiger partial charge in [0.25, 0.3) is 5.91 Å². The van der Waals surface area contributed by atoms with Crippen molar-refractivity contribution >= 4 is 17.4 Å². The first kappa shape index (κ1) is 19.3. The lowest BCUT2D eigenvalue weighted by Crippen LogP contribution is -2.33. The maximum atomic E-state index is 12.3. The van der Waals surface area contributed by atoms with Gasteiger partial charge in [-0.05, 0) is 32.4 Å². The highest BCUT2D eigenvalue weighted by Crippen LogP contribution is 2.24. The molecule has 0 unspecified atom stereocenters. The van der Waals surface area contributed by atoms with E-state index in [0.29, 0.717) is 12.6 Å². The first-order chi connectivity index (χ1) is 13.9. The van der Waals surface area contributed by atoms with Crippen LogP contribution in [0.5, 0.6) is 0 Å². The number of nitrogens with zero attached hydrogens (tertiary/aromatic N) is 7. The number of rotatable bonds is 5. The predicted octanol–water partition coefficient (Wildman–Crippen LogP) is 1.21. The van der Waals surface area contributed by atoms with Crippen LogP contribution in [0.15, 0.2) is 24.5 Å². The van der Waals surface area contributed by atoms with Gasteiger partial charge in [-0.15, -0.1) is 0 Å². The second-order valence-corrected chi connectivity index (χ2v) is 7.64. The molecule has 0 spiro atoms. The van der Waals surface area contributed by atoms with E-state index in [1.165, 1.54) is 4.90 Å². The van der Waals surface area contributed by atoms with E-state index in [-0.39, 0.29) is 11.7 Å². The minimum absolute atomic E-state index is 0.177. The van der Waals surface area contributed by atoms with Crippen LogP contribution in [0.4, 0.5) is 5.82 Å². The Bertz CT molecular complexity index is 1040. The minimum atomic E-state index is -0.177. The molecule has 1 N–H and O–H groups in total. The lowest BCUT2D eigenvalue weighted by atomic mass is 10.2. The normalized spacial score (nSPS) is 16.6. The third kappa shape index (κ3) is 3.77. The van der Waals surface area contributed by atoms with Crippen molar-refractivity contribution in [2.45, 2.75) is 32.9 Å². The molecule has 152 valence electrons. The summed E-state index contributed by atoms with van der Waals surface area (Å²) in [5.74, 6) is 0.928. The van der Waals surface area contributed by atoms with Gasteiger partial charge < -0.3 is 15.1 Å². The molecule has 0 saturated carbocycles. The van der Waals surface area contributed by atoms with Crippen LogP contribution in [0.25, 0.3) is 5.65 Å². The number of carbonyl (C=O) groups excluding carboxylic acids is 1. The van der Waals surface area contributed by atoms with Crippen LogP contribution in [0.2, 0.25) is 0 Å². The monoisotopic (exact) mass is 394 g/mol. The topological polar surface area (TPSA) is 91.5 Å². The molecule has 0 aliphatic carbocycles. The summed E-state index contributed by atoms with van der Waals surface area (Å²) in [4.78, 5) is 29.3. The first-order valence-electron chi connectivity index (χ1n) is 9.77. The van der Waals surface area contributed by atoms with Crippen LogP contribution in [0.3, 0.4) is 0 Å². The van der Waals surface area contributed by atoms with E-state index in [1.54, 1.807) is 20.4 Å². The zero-order chi connectivity index (χ0) is 20.5. The van der Waals surface area contributed by atoms with Crippen molar-refractivity contribution in [1.82, 2.24) is 34.8 Å². The largest absolute Gasteiger partial charge is 0.355 e. The summed E-state index contributed by atoms with van der Waals surface area (Å²) < 4.78 is 1.86. The van der Waals surface area contributed by atoms with Gasteiger partial charge in [0.15, 0.2) is 5.65 Å². The number of aryl methyl sites for hydroxylation is 1. The van der Waals surface area contributed by atoms with Gasteiger partial charge in [-0.1, -0.05) is 6.07 Å². The van der Waals surface area contributed by atoms with E-state index in [9.17, 15) is 4.79 Å². The van der Waals surface area contributed by atoms with Gasteiger partial charge in [0, 0.05) is 51.0 Å². The van der Waals surface area contributed by atoms with Gasteiger partial charge in [0.1, 0.15) is 12.1 Å². The Hall–Kier alpha value is -3.07. The Kier molecular flexibility index (Phi) is 5.14. The van der Waals surface area contributed by atoms with E-state index >= 15 is 0 Å². The molecule has 4 rings (SSSR count). The number of hydrogen-bond acceptors (Lipinski definition) is 7. The molecule has 0 radical (unpaired) electrons. The fourth-order valence-electron chi connectivity index (χ4n) is 3.62. The molecular formula is C20H26N8O. The number of pyridine rings is 1. The first-order valence-corrected chi connectivity index (χ1v) is 9.77. The molecule has 9 nitrogen and oxygen atoms in total. The molecule has 1 saturated heterocycles. The molecule has 9 heteroatoms. The zero-order valence-corrected chi connectivity index (χ0v) is 17.3. The SMILES string of the molecule is Cc1nc(C(=O)N(C)C)nc(N2CC[C@@H](NCc3cccc4ncnn34)C2)c1C. The van der Waals surface area contributed by atoms with E-state index in [4.69, 9.17) is 0 Å². The smallest absolute Gasteiger partial charge is 0.291 e. The van der Waals surface area contributed by atoms with Crippen molar-refractivity contribution in [1.29, 1.82) is 0 Å². The van der Waals surface area contributed by atoms with Crippen molar-refractivity contribution in [3.8, 4) is 0 Å². The van der Waals surface area contributed by atoms with E-state index in [2.05, 4.69) is 36.3 Å². The van der Waals surface area contributed by atoms with Crippen LogP contribution in [0, 0.1) is 13.8 Å². The van der Waals surface area contributed by atoms with Crippen molar-refractivity contribution in [3.63, 3.8) is 0 Å². The quantitative estimate of drug-likeness (QED) is 0.695. The second kappa shape index (κ2) is 7.75. The highest BCUT2D eigenvalue weighted by atomic mass is 16.2. The third-order valence-corrected chi connectivity index (χ3v) is 5.40. The van der Waals surface area contributed by atoms with Crippen LogP contribution in [0.1, 0.15) is 34.0 Å². The molecule has 1 amide bonds. The van der Waals surface area contributed by atoms with Crippen molar-refractivity contribution in [3.05, 3.63) is 47.3 Å². The molecule has 1 aliphatic rings. The van der Waals surface area contributed by atoms with Gasteiger partial charge >= 0.3 is 0 Å². The summed E-state index contributed by atoms with van der Waals surface area (Å²) in [6, 6.07) is 6.33. The highest BCUT2D eigenvalue weighted by Gasteiger charge is 2.26. The van der Waals surface area contributed by atoms with E-state index in [1.807, 2.05) is 30.5 Å². The number of fused-ring (bicyclic) bond motifs is 1. The molecule has 3 aromatic rings. The number of nitrogens with one attached hydrogen (secondary N) is 1. The molecule has 0 bridgehead atoms. The molecule has 1 atom stereocenters. The second-order valence-electron chi connectivity index (χ2n) is 7.64. The van der Waals surface area contributed by atoms with Gasteiger partial charge in [-0.3, -0.25) is 4.79 Å². The summed E-state index contributed by atoms with van der Waals surface area (Å²) in [5.41, 5.74) is 3.79. The Morgan fingerprint density at radius 1 is 1.28 bits per heavy atom. The minimum Gasteiger partial charge on any atom is -0.355 e. The molecular weight excluding hydrogens is 368 g/mol. The fourth-order valence-corrected chi connectivity index (χ4v) is 3.62. The summed E-state index contributed by atoms with van der Waals surface area (Å²) in [5, 5.41) is 7.91. The zero-order valence-electron chi connectivity index (χ0n) is 17.3. The number of aromatic nitrogens is 5. The number of amides is 1. The molecule has 0 aromatic carbocycles. The number of carbonyl (C=O) groups is 1. The van der Waals surface area contributed by atoms with Gasteiger partial charge in [0.2, 0.25) is 5.82 Å². The van der Waals surface area contributed by atoms with Gasteiger partial charge in [-0.25, -0.2) is 19.5 Å². The van der Waals surface area contributed by atoms with Crippen molar-refractivity contribution in [2.75, 3.05) is 32.1 Å². The molecule has 4 heterocycles. The number of anilines is 1. The Labute approximate surface area is 169 Å². The Morgan fingerprint density at radius 2 is 2.10 bits per heavy atom.